The van der Waals surface area contributed by atoms with Gasteiger partial charge in [-0.3, -0.25) is 0 Å². The molecule has 1 N–H and O–H groups in total. The van der Waals surface area contributed by atoms with E-state index in [4.69, 9.17) is 14.7 Å². The Labute approximate surface area is 188 Å². The van der Waals surface area contributed by atoms with Crippen molar-refractivity contribution in [3.8, 4) is 11.4 Å². The molecule has 0 bridgehead atoms. The second kappa shape index (κ2) is 8.86. The van der Waals surface area contributed by atoms with Gasteiger partial charge < -0.3 is 15.0 Å². The summed E-state index contributed by atoms with van der Waals surface area (Å²) >= 11 is 0. The Morgan fingerprint density at radius 1 is 1.06 bits per heavy atom. The zero-order valence-electron chi connectivity index (χ0n) is 18.5. The molecule has 1 fully saturated rings. The molecule has 7 nitrogen and oxygen atoms in total. The maximum atomic E-state index is 5.57. The molecule has 5 rings (SSSR count). The predicted octanol–water partition coefficient (Wildman–Crippen LogP) is 5.19. The number of fused-ring (bicyclic) bond motifs is 1. The molecular formula is C25H28N6O. The van der Waals surface area contributed by atoms with E-state index < -0.39 is 0 Å². The van der Waals surface area contributed by atoms with E-state index >= 15 is 0 Å². The highest BCUT2D eigenvalue weighted by Gasteiger charge is 2.22. The van der Waals surface area contributed by atoms with Gasteiger partial charge in [-0.25, -0.2) is 4.68 Å². The summed E-state index contributed by atoms with van der Waals surface area (Å²) in [7, 11) is 0. The number of hydrogen-bond acceptors (Lipinski definition) is 6. The van der Waals surface area contributed by atoms with Crippen LogP contribution in [0.2, 0.25) is 0 Å². The van der Waals surface area contributed by atoms with E-state index in [2.05, 4.69) is 22.2 Å². The lowest BCUT2D eigenvalue weighted by Gasteiger charge is -2.31. The lowest BCUT2D eigenvalue weighted by Crippen LogP contribution is -2.35. The first-order valence-corrected chi connectivity index (χ1v) is 11.3. The fourth-order valence-corrected chi connectivity index (χ4v) is 4.20. The Morgan fingerprint density at radius 3 is 2.62 bits per heavy atom. The third-order valence-electron chi connectivity index (χ3n) is 5.79. The smallest absolute Gasteiger partial charge is 0.229 e. The van der Waals surface area contributed by atoms with Crippen molar-refractivity contribution in [2.75, 3.05) is 29.9 Å². The highest BCUT2D eigenvalue weighted by molar-refractivity contribution is 5.90. The van der Waals surface area contributed by atoms with Crippen LogP contribution in [-0.2, 0) is 0 Å². The zero-order chi connectivity index (χ0) is 21.9. The number of piperidine rings is 1. The Kier molecular flexibility index (Phi) is 5.62. The van der Waals surface area contributed by atoms with Gasteiger partial charge in [-0.1, -0.05) is 25.1 Å². The fraction of sp³-hybridized carbons (Fsp3) is 0.320. The molecular weight excluding hydrogens is 400 g/mol. The summed E-state index contributed by atoms with van der Waals surface area (Å²) in [6.45, 7) is 6.86. The van der Waals surface area contributed by atoms with Crippen molar-refractivity contribution in [3.05, 3.63) is 60.8 Å². The Hall–Kier alpha value is -3.61. The van der Waals surface area contributed by atoms with Gasteiger partial charge in [0.2, 0.25) is 5.95 Å². The van der Waals surface area contributed by atoms with Crippen LogP contribution >= 0.6 is 0 Å². The minimum Gasteiger partial charge on any atom is -0.494 e. The molecule has 4 aromatic rings. The van der Waals surface area contributed by atoms with Crippen LogP contribution in [0, 0.1) is 5.92 Å². The Balaban J connectivity index is 1.58. The quantitative estimate of drug-likeness (QED) is 0.456. The molecule has 1 atom stereocenters. The van der Waals surface area contributed by atoms with Crippen LogP contribution in [0.5, 0.6) is 5.75 Å². The summed E-state index contributed by atoms with van der Waals surface area (Å²) in [4.78, 5) is 12.2. The van der Waals surface area contributed by atoms with E-state index in [-0.39, 0.29) is 0 Å². The van der Waals surface area contributed by atoms with E-state index in [0.29, 0.717) is 12.5 Å². The molecule has 0 aliphatic carbocycles. The van der Waals surface area contributed by atoms with Gasteiger partial charge in [0.1, 0.15) is 11.6 Å². The Morgan fingerprint density at radius 2 is 1.88 bits per heavy atom. The van der Waals surface area contributed by atoms with Crippen molar-refractivity contribution in [2.45, 2.75) is 26.7 Å². The number of benzene rings is 2. The average molecular weight is 429 g/mol. The standard InChI is InChI=1S/C25H28N6O/c1-3-32-21-13-11-19(12-14-21)27-23-22-16-26-31(20-9-5-4-6-10-20)24(22)29-25(28-23)30-15-7-8-18(2)17-30/h4-6,9-14,16,18H,3,7-8,15,17H2,1-2H3,(H,27,28,29)/t18-/m0/s1. The number of rotatable bonds is 6. The van der Waals surface area contributed by atoms with E-state index in [0.717, 1.165) is 59.4 Å². The molecule has 7 heteroatoms. The number of ether oxygens (including phenoxy) is 1. The molecule has 1 saturated heterocycles. The molecule has 0 radical (unpaired) electrons. The minimum atomic E-state index is 0.629. The molecule has 2 aromatic carbocycles. The van der Waals surface area contributed by atoms with Gasteiger partial charge in [0.25, 0.3) is 0 Å². The van der Waals surface area contributed by atoms with E-state index in [1.54, 1.807) is 0 Å². The molecule has 0 amide bonds. The summed E-state index contributed by atoms with van der Waals surface area (Å²) in [5.74, 6) is 2.99. The third-order valence-corrected chi connectivity index (χ3v) is 5.79. The summed E-state index contributed by atoms with van der Waals surface area (Å²) in [6, 6.07) is 18.0. The highest BCUT2D eigenvalue weighted by atomic mass is 16.5. The SMILES string of the molecule is CCOc1ccc(Nc2nc(N3CCC[C@H](C)C3)nc3c2cnn3-c2ccccc2)cc1. The first-order valence-electron chi connectivity index (χ1n) is 11.3. The van der Waals surface area contributed by atoms with E-state index in [1.165, 1.54) is 6.42 Å². The summed E-state index contributed by atoms with van der Waals surface area (Å²) in [5, 5.41) is 9.01. The molecule has 1 aliphatic heterocycles. The first-order chi connectivity index (χ1) is 15.7. The summed E-state index contributed by atoms with van der Waals surface area (Å²) in [6.07, 6.45) is 4.24. The van der Waals surface area contributed by atoms with Crippen LogP contribution in [0.15, 0.2) is 60.8 Å². The first kappa shape index (κ1) is 20.3. The average Bonchev–Trinajstić information content (AvgIpc) is 3.25. The van der Waals surface area contributed by atoms with Crippen LogP contribution in [0.4, 0.5) is 17.5 Å². The fourth-order valence-electron chi connectivity index (χ4n) is 4.20. The van der Waals surface area contributed by atoms with Crippen molar-refractivity contribution < 1.29 is 4.74 Å². The monoisotopic (exact) mass is 428 g/mol. The topological polar surface area (TPSA) is 68.1 Å². The van der Waals surface area contributed by atoms with E-state index in [1.807, 2.05) is 72.4 Å². The van der Waals surface area contributed by atoms with Crippen LogP contribution < -0.4 is 15.0 Å². The van der Waals surface area contributed by atoms with E-state index in [9.17, 15) is 0 Å². The van der Waals surface area contributed by atoms with Gasteiger partial charge in [0.15, 0.2) is 5.65 Å². The van der Waals surface area contributed by atoms with Gasteiger partial charge in [0, 0.05) is 18.8 Å². The van der Waals surface area contributed by atoms with Crippen LogP contribution in [0.3, 0.4) is 0 Å². The normalized spacial score (nSPS) is 16.3. The lowest BCUT2D eigenvalue weighted by molar-refractivity contribution is 0.340. The molecule has 2 aromatic heterocycles. The van der Waals surface area contributed by atoms with Crippen molar-refractivity contribution in [2.24, 2.45) is 5.92 Å². The van der Waals surface area contributed by atoms with Crippen molar-refractivity contribution >= 4 is 28.5 Å². The number of nitrogens with zero attached hydrogens (tertiary/aromatic N) is 5. The maximum Gasteiger partial charge on any atom is 0.229 e. The van der Waals surface area contributed by atoms with Crippen molar-refractivity contribution in [1.29, 1.82) is 0 Å². The molecule has 3 heterocycles. The summed E-state index contributed by atoms with van der Waals surface area (Å²) in [5.41, 5.74) is 2.72. The number of nitrogens with one attached hydrogen (secondary N) is 1. The molecule has 1 aliphatic rings. The van der Waals surface area contributed by atoms with Gasteiger partial charge in [-0.15, -0.1) is 0 Å². The second-order valence-electron chi connectivity index (χ2n) is 8.28. The number of para-hydroxylation sites is 1. The highest BCUT2D eigenvalue weighted by Crippen LogP contribution is 2.30. The molecule has 32 heavy (non-hydrogen) atoms. The largest absolute Gasteiger partial charge is 0.494 e. The maximum absolute atomic E-state index is 5.57. The van der Waals surface area contributed by atoms with Gasteiger partial charge in [0.05, 0.1) is 23.9 Å². The van der Waals surface area contributed by atoms with Crippen molar-refractivity contribution in [3.63, 3.8) is 0 Å². The molecule has 164 valence electrons. The lowest BCUT2D eigenvalue weighted by atomic mass is 10.0. The van der Waals surface area contributed by atoms with Crippen LogP contribution in [-0.4, -0.2) is 39.4 Å². The van der Waals surface area contributed by atoms with Gasteiger partial charge in [-0.05, 0) is 62.1 Å². The molecule has 0 saturated carbocycles. The minimum absolute atomic E-state index is 0.629. The second-order valence-corrected chi connectivity index (χ2v) is 8.28. The number of aromatic nitrogens is 4. The number of hydrogen-bond donors (Lipinski definition) is 1. The number of anilines is 3. The zero-order valence-corrected chi connectivity index (χ0v) is 18.5. The van der Waals surface area contributed by atoms with Crippen LogP contribution in [0.25, 0.3) is 16.7 Å². The molecule has 0 unspecified atom stereocenters. The van der Waals surface area contributed by atoms with Gasteiger partial charge in [-0.2, -0.15) is 15.1 Å². The summed E-state index contributed by atoms with van der Waals surface area (Å²) < 4.78 is 7.45. The molecule has 0 spiro atoms. The van der Waals surface area contributed by atoms with Gasteiger partial charge >= 0.3 is 0 Å². The third kappa shape index (κ3) is 4.10. The van der Waals surface area contributed by atoms with Crippen LogP contribution in [0.1, 0.15) is 26.7 Å². The Bertz CT molecular complexity index is 1190. The van der Waals surface area contributed by atoms with Crippen molar-refractivity contribution in [1.82, 2.24) is 19.7 Å². The predicted molar refractivity (Wildman–Crippen MR) is 128 cm³/mol.